The van der Waals surface area contributed by atoms with E-state index in [4.69, 9.17) is 21.4 Å². The Balaban J connectivity index is 1.66. The van der Waals surface area contributed by atoms with Gasteiger partial charge in [-0.2, -0.15) is 0 Å². The molecular formula is C19H15ClFN5O3S. The predicted octanol–water partition coefficient (Wildman–Crippen LogP) is 3.22. The molecule has 0 unspecified atom stereocenters. The first-order chi connectivity index (χ1) is 14.5. The number of rotatable bonds is 7. The molecule has 1 aromatic carbocycles. The number of pyridine rings is 1. The number of thiazole rings is 1. The Morgan fingerprint density at radius 3 is 2.97 bits per heavy atom. The fourth-order valence-corrected chi connectivity index (χ4v) is 3.55. The van der Waals surface area contributed by atoms with Gasteiger partial charge >= 0.3 is 0 Å². The highest BCUT2D eigenvalue weighted by atomic mass is 35.5. The van der Waals surface area contributed by atoms with E-state index in [0.717, 1.165) is 6.07 Å². The van der Waals surface area contributed by atoms with E-state index in [1.165, 1.54) is 29.7 Å². The van der Waals surface area contributed by atoms with Gasteiger partial charge in [-0.15, -0.1) is 11.3 Å². The van der Waals surface area contributed by atoms with Gasteiger partial charge in [-0.05, 0) is 18.2 Å². The minimum absolute atomic E-state index is 0.00795. The SMILES string of the molecule is O=c1[nH]c(COc2ccc(Cl)c(F)c2)nc2c(-c3csc(NCCO)n3)nccc12. The van der Waals surface area contributed by atoms with Crippen LogP contribution in [0.2, 0.25) is 5.02 Å². The number of halogens is 2. The zero-order valence-electron chi connectivity index (χ0n) is 15.4. The molecule has 0 amide bonds. The van der Waals surface area contributed by atoms with Gasteiger partial charge in [0.2, 0.25) is 0 Å². The second-order valence-corrected chi connectivity index (χ2v) is 7.39. The monoisotopic (exact) mass is 447 g/mol. The molecule has 0 saturated carbocycles. The summed E-state index contributed by atoms with van der Waals surface area (Å²) < 4.78 is 19.1. The molecule has 4 aromatic rings. The zero-order chi connectivity index (χ0) is 21.1. The first-order valence-electron chi connectivity index (χ1n) is 8.81. The Kier molecular flexibility index (Phi) is 5.88. The lowest BCUT2D eigenvalue weighted by molar-refractivity contribution is 0.294. The number of aliphatic hydroxyl groups excluding tert-OH is 1. The summed E-state index contributed by atoms with van der Waals surface area (Å²) in [7, 11) is 0. The number of anilines is 1. The maximum Gasteiger partial charge on any atom is 0.258 e. The van der Waals surface area contributed by atoms with Crippen LogP contribution in [0.5, 0.6) is 5.75 Å². The molecule has 0 fully saturated rings. The molecule has 0 radical (unpaired) electrons. The molecule has 0 aliphatic heterocycles. The van der Waals surface area contributed by atoms with Crippen LogP contribution in [-0.4, -0.2) is 38.2 Å². The molecule has 0 aliphatic rings. The Hall–Kier alpha value is -3.08. The van der Waals surface area contributed by atoms with Crippen LogP contribution in [0.4, 0.5) is 9.52 Å². The van der Waals surface area contributed by atoms with Crippen molar-refractivity contribution in [3.8, 4) is 17.1 Å². The van der Waals surface area contributed by atoms with Crippen molar-refractivity contribution in [2.24, 2.45) is 0 Å². The van der Waals surface area contributed by atoms with Crippen molar-refractivity contribution in [3.63, 3.8) is 0 Å². The maximum absolute atomic E-state index is 13.6. The summed E-state index contributed by atoms with van der Waals surface area (Å²) >= 11 is 7.02. The van der Waals surface area contributed by atoms with Crippen LogP contribution in [-0.2, 0) is 6.61 Å². The van der Waals surface area contributed by atoms with E-state index in [0.29, 0.717) is 34.0 Å². The van der Waals surface area contributed by atoms with Gasteiger partial charge in [0.1, 0.15) is 40.9 Å². The number of nitrogens with one attached hydrogen (secondary N) is 2. The molecule has 0 spiro atoms. The van der Waals surface area contributed by atoms with E-state index in [9.17, 15) is 9.18 Å². The third-order valence-corrected chi connectivity index (χ3v) is 5.18. The van der Waals surface area contributed by atoms with Crippen LogP contribution >= 0.6 is 22.9 Å². The van der Waals surface area contributed by atoms with Crippen LogP contribution in [0.25, 0.3) is 22.3 Å². The topological polar surface area (TPSA) is 113 Å². The standard InChI is InChI=1S/C19H15ClFN5O3S/c20-12-2-1-10(7-13(12)21)29-8-15-25-16-11(18(28)26-15)3-4-22-17(16)14-9-30-19(24-14)23-5-6-27/h1-4,7,9,27H,5-6,8H2,(H,23,24)(H,25,26,28). The highest BCUT2D eigenvalue weighted by molar-refractivity contribution is 7.14. The van der Waals surface area contributed by atoms with Gasteiger partial charge in [0.15, 0.2) is 5.13 Å². The zero-order valence-corrected chi connectivity index (χ0v) is 16.9. The second-order valence-electron chi connectivity index (χ2n) is 6.12. The minimum atomic E-state index is -0.602. The number of nitrogens with zero attached hydrogens (tertiary/aromatic N) is 3. The molecule has 3 aromatic heterocycles. The molecule has 154 valence electrons. The summed E-state index contributed by atoms with van der Waals surface area (Å²) in [5.41, 5.74) is 1.03. The normalized spacial score (nSPS) is 11.0. The third kappa shape index (κ3) is 4.25. The van der Waals surface area contributed by atoms with Gasteiger partial charge in [-0.1, -0.05) is 11.6 Å². The molecule has 0 saturated heterocycles. The first kappa shape index (κ1) is 20.2. The van der Waals surface area contributed by atoms with E-state index >= 15 is 0 Å². The van der Waals surface area contributed by atoms with Crippen molar-refractivity contribution >= 4 is 39.0 Å². The van der Waals surface area contributed by atoms with E-state index in [-0.39, 0.29) is 35.4 Å². The van der Waals surface area contributed by atoms with Gasteiger partial charge in [0, 0.05) is 24.2 Å². The summed E-state index contributed by atoms with van der Waals surface area (Å²) in [5, 5.41) is 14.7. The lowest BCUT2D eigenvalue weighted by Crippen LogP contribution is -2.14. The highest BCUT2D eigenvalue weighted by Crippen LogP contribution is 2.27. The number of fused-ring (bicyclic) bond motifs is 1. The van der Waals surface area contributed by atoms with Crippen molar-refractivity contribution in [2.75, 3.05) is 18.5 Å². The maximum atomic E-state index is 13.6. The average molecular weight is 448 g/mol. The molecule has 0 aliphatic carbocycles. The lowest BCUT2D eigenvalue weighted by atomic mass is 10.2. The number of benzene rings is 1. The Bertz CT molecular complexity index is 1260. The Morgan fingerprint density at radius 1 is 1.30 bits per heavy atom. The number of hydrogen-bond donors (Lipinski definition) is 3. The van der Waals surface area contributed by atoms with Crippen LogP contribution in [0, 0.1) is 5.82 Å². The van der Waals surface area contributed by atoms with E-state index in [1.54, 1.807) is 11.4 Å². The van der Waals surface area contributed by atoms with Gasteiger partial charge in [0.05, 0.1) is 17.0 Å². The molecule has 0 bridgehead atoms. The molecule has 11 heteroatoms. The van der Waals surface area contributed by atoms with Gasteiger partial charge in [0.25, 0.3) is 5.56 Å². The van der Waals surface area contributed by atoms with Crippen molar-refractivity contribution in [1.29, 1.82) is 0 Å². The summed E-state index contributed by atoms with van der Waals surface area (Å²) in [4.78, 5) is 28.4. The minimum Gasteiger partial charge on any atom is -0.486 e. The van der Waals surface area contributed by atoms with Crippen molar-refractivity contribution in [3.05, 3.63) is 62.9 Å². The number of ether oxygens (including phenoxy) is 1. The van der Waals surface area contributed by atoms with Gasteiger partial charge < -0.3 is 20.1 Å². The molecule has 3 heterocycles. The third-order valence-electron chi connectivity index (χ3n) is 4.07. The quantitative estimate of drug-likeness (QED) is 0.398. The Morgan fingerprint density at radius 2 is 2.17 bits per heavy atom. The van der Waals surface area contributed by atoms with Gasteiger partial charge in [-0.3, -0.25) is 9.78 Å². The molecule has 4 rings (SSSR count). The largest absolute Gasteiger partial charge is 0.486 e. The summed E-state index contributed by atoms with van der Waals surface area (Å²) in [6.07, 6.45) is 1.52. The Labute approximate surface area is 178 Å². The number of hydrogen-bond acceptors (Lipinski definition) is 8. The average Bonchev–Trinajstić information content (AvgIpc) is 3.21. The van der Waals surface area contributed by atoms with E-state index in [1.807, 2.05) is 0 Å². The molecule has 0 atom stereocenters. The number of aliphatic hydroxyl groups is 1. The molecule has 3 N–H and O–H groups in total. The van der Waals surface area contributed by atoms with Crippen molar-refractivity contribution in [2.45, 2.75) is 6.61 Å². The number of aromatic nitrogens is 4. The molecule has 8 nitrogen and oxygen atoms in total. The number of aromatic amines is 1. The van der Waals surface area contributed by atoms with Crippen LogP contribution < -0.4 is 15.6 Å². The fraction of sp³-hybridized carbons (Fsp3) is 0.158. The van der Waals surface area contributed by atoms with Crippen LogP contribution in [0.1, 0.15) is 5.82 Å². The molecular weight excluding hydrogens is 433 g/mol. The predicted molar refractivity (Wildman–Crippen MR) is 113 cm³/mol. The fourth-order valence-electron chi connectivity index (χ4n) is 2.71. The lowest BCUT2D eigenvalue weighted by Gasteiger charge is -2.08. The first-order valence-corrected chi connectivity index (χ1v) is 10.1. The summed E-state index contributed by atoms with van der Waals surface area (Å²) in [5.74, 6) is -0.0918. The second kappa shape index (κ2) is 8.74. The van der Waals surface area contributed by atoms with Crippen LogP contribution in [0.15, 0.2) is 40.6 Å². The molecule has 30 heavy (non-hydrogen) atoms. The van der Waals surface area contributed by atoms with Crippen LogP contribution in [0.3, 0.4) is 0 Å². The summed E-state index contributed by atoms with van der Waals surface area (Å²) in [6, 6.07) is 5.63. The highest BCUT2D eigenvalue weighted by Gasteiger charge is 2.14. The van der Waals surface area contributed by atoms with Gasteiger partial charge in [-0.25, -0.2) is 14.4 Å². The van der Waals surface area contributed by atoms with E-state index in [2.05, 4.69) is 25.3 Å². The van der Waals surface area contributed by atoms with Crippen molar-refractivity contribution < 1.29 is 14.2 Å². The smallest absolute Gasteiger partial charge is 0.258 e. The van der Waals surface area contributed by atoms with Crippen molar-refractivity contribution in [1.82, 2.24) is 19.9 Å². The number of H-pyrrole nitrogens is 1. The summed E-state index contributed by atoms with van der Waals surface area (Å²) in [6.45, 7) is 0.279. The van der Waals surface area contributed by atoms with E-state index < -0.39 is 5.82 Å².